The van der Waals surface area contributed by atoms with Gasteiger partial charge < -0.3 is 10.1 Å². The molecule has 1 heterocycles. The Morgan fingerprint density at radius 2 is 2.38 bits per heavy atom. The van der Waals surface area contributed by atoms with Crippen LogP contribution < -0.4 is 10.1 Å². The number of anilines is 1. The van der Waals surface area contributed by atoms with Crippen molar-refractivity contribution in [3.8, 4) is 5.75 Å². The molecule has 0 spiro atoms. The Morgan fingerprint density at radius 3 is 3.12 bits per heavy atom. The van der Waals surface area contributed by atoms with Crippen LogP contribution in [-0.2, 0) is 4.79 Å². The second kappa shape index (κ2) is 4.78. The molecule has 86 valence electrons. The molecule has 1 atom stereocenters. The van der Waals surface area contributed by atoms with Crippen LogP contribution in [0.1, 0.15) is 13.8 Å². The zero-order chi connectivity index (χ0) is 11.5. The quantitative estimate of drug-likeness (QED) is 0.859. The largest absolute Gasteiger partial charge is 0.492 e. The molecule has 0 fully saturated rings. The number of benzene rings is 1. The first-order chi connectivity index (χ1) is 7.72. The van der Waals surface area contributed by atoms with Crippen LogP contribution in [0, 0.1) is 5.92 Å². The van der Waals surface area contributed by atoms with Crippen molar-refractivity contribution in [2.24, 2.45) is 5.92 Å². The monoisotopic (exact) mass is 237 g/mol. The molecule has 3 nitrogen and oxygen atoms in total. The molecule has 1 N–H and O–H groups in total. The van der Waals surface area contributed by atoms with E-state index in [2.05, 4.69) is 5.32 Å². The summed E-state index contributed by atoms with van der Waals surface area (Å²) in [7, 11) is 0. The van der Waals surface area contributed by atoms with E-state index in [9.17, 15) is 4.79 Å². The fourth-order valence-electron chi connectivity index (χ4n) is 1.57. The van der Waals surface area contributed by atoms with Gasteiger partial charge in [0.15, 0.2) is 0 Å². The van der Waals surface area contributed by atoms with Crippen molar-refractivity contribution >= 4 is 23.4 Å². The number of ether oxygens (including phenoxy) is 1. The van der Waals surface area contributed by atoms with Crippen molar-refractivity contribution in [3.05, 3.63) is 18.2 Å². The van der Waals surface area contributed by atoms with Crippen molar-refractivity contribution in [2.45, 2.75) is 18.7 Å². The van der Waals surface area contributed by atoms with Crippen molar-refractivity contribution in [3.63, 3.8) is 0 Å². The Hall–Kier alpha value is -1.16. The van der Waals surface area contributed by atoms with Gasteiger partial charge in [0.1, 0.15) is 5.75 Å². The molecule has 1 aromatic carbocycles. The normalized spacial score (nSPS) is 19.6. The van der Waals surface area contributed by atoms with Crippen LogP contribution in [0.2, 0.25) is 0 Å². The van der Waals surface area contributed by atoms with Gasteiger partial charge in [-0.05, 0) is 19.1 Å². The minimum Gasteiger partial charge on any atom is -0.492 e. The molecule has 0 bridgehead atoms. The molecular formula is C12H15NO2S. The lowest BCUT2D eigenvalue weighted by Gasteiger charge is -2.12. The summed E-state index contributed by atoms with van der Waals surface area (Å²) in [6.07, 6.45) is 0. The van der Waals surface area contributed by atoms with Gasteiger partial charge in [-0.1, -0.05) is 13.0 Å². The summed E-state index contributed by atoms with van der Waals surface area (Å²) in [6.45, 7) is 4.48. The number of fused-ring (bicyclic) bond motifs is 1. The summed E-state index contributed by atoms with van der Waals surface area (Å²) in [6, 6.07) is 5.86. The smallest absolute Gasteiger partial charge is 0.228 e. The number of carbonyl (C=O) groups is 1. The highest BCUT2D eigenvalue weighted by Gasteiger charge is 2.22. The fourth-order valence-corrected chi connectivity index (χ4v) is 2.62. The Bertz CT molecular complexity index is 406. The molecule has 1 unspecified atom stereocenters. The van der Waals surface area contributed by atoms with E-state index in [0.29, 0.717) is 6.61 Å². The van der Waals surface area contributed by atoms with E-state index in [1.165, 1.54) is 0 Å². The maximum absolute atomic E-state index is 11.8. The average Bonchev–Trinajstić information content (AvgIpc) is 2.42. The van der Waals surface area contributed by atoms with E-state index in [1.54, 1.807) is 11.8 Å². The van der Waals surface area contributed by atoms with Crippen molar-refractivity contribution < 1.29 is 9.53 Å². The van der Waals surface area contributed by atoms with Crippen LogP contribution in [0.25, 0.3) is 0 Å². The first-order valence-corrected chi connectivity index (χ1v) is 6.40. The van der Waals surface area contributed by atoms with E-state index in [1.807, 2.05) is 32.0 Å². The van der Waals surface area contributed by atoms with Gasteiger partial charge in [-0.25, -0.2) is 0 Å². The highest BCUT2D eigenvalue weighted by Crippen LogP contribution is 2.38. The van der Waals surface area contributed by atoms with Crippen molar-refractivity contribution in [1.82, 2.24) is 0 Å². The second-order valence-electron chi connectivity index (χ2n) is 3.76. The summed E-state index contributed by atoms with van der Waals surface area (Å²) in [4.78, 5) is 12.8. The van der Waals surface area contributed by atoms with Crippen molar-refractivity contribution in [1.29, 1.82) is 0 Å². The van der Waals surface area contributed by atoms with Gasteiger partial charge in [0.05, 0.1) is 12.3 Å². The highest BCUT2D eigenvalue weighted by atomic mass is 32.2. The van der Waals surface area contributed by atoms with Gasteiger partial charge >= 0.3 is 0 Å². The Morgan fingerprint density at radius 1 is 1.56 bits per heavy atom. The predicted molar refractivity (Wildman–Crippen MR) is 66.1 cm³/mol. The standard InChI is InChI=1S/C12H15NO2S/c1-3-15-9-5-4-6-10-11(9)13-12(14)8(2)7-16-10/h4-6,8H,3,7H2,1-2H3,(H,13,14). The lowest BCUT2D eigenvalue weighted by atomic mass is 10.2. The van der Waals surface area contributed by atoms with Crippen LogP contribution in [0.4, 0.5) is 5.69 Å². The molecule has 1 aliphatic heterocycles. The van der Waals surface area contributed by atoms with Gasteiger partial charge in [0, 0.05) is 16.6 Å². The SMILES string of the molecule is CCOc1cccc2c1NC(=O)C(C)CS2. The van der Waals surface area contributed by atoms with E-state index in [0.717, 1.165) is 22.1 Å². The lowest BCUT2D eigenvalue weighted by molar-refractivity contribution is -0.118. The number of thioether (sulfide) groups is 1. The number of nitrogens with one attached hydrogen (secondary N) is 1. The first-order valence-electron chi connectivity index (χ1n) is 5.42. The molecule has 16 heavy (non-hydrogen) atoms. The second-order valence-corrected chi connectivity index (χ2v) is 4.83. The van der Waals surface area contributed by atoms with Crippen LogP contribution in [0.5, 0.6) is 5.75 Å². The predicted octanol–water partition coefficient (Wildman–Crippen LogP) is 2.77. The van der Waals surface area contributed by atoms with Crippen LogP contribution in [0.3, 0.4) is 0 Å². The zero-order valence-corrected chi connectivity index (χ0v) is 10.3. The topological polar surface area (TPSA) is 38.3 Å². The Labute approximate surface area is 99.6 Å². The average molecular weight is 237 g/mol. The Balaban J connectivity index is 2.37. The number of para-hydroxylation sites is 1. The zero-order valence-electron chi connectivity index (χ0n) is 9.45. The maximum atomic E-state index is 11.8. The number of hydrogen-bond acceptors (Lipinski definition) is 3. The van der Waals surface area contributed by atoms with Gasteiger partial charge in [0.25, 0.3) is 0 Å². The molecule has 0 saturated carbocycles. The number of rotatable bonds is 2. The molecule has 0 aliphatic carbocycles. The van der Waals surface area contributed by atoms with Gasteiger partial charge in [-0.3, -0.25) is 4.79 Å². The first kappa shape index (κ1) is 11.3. The molecule has 1 aromatic rings. The highest BCUT2D eigenvalue weighted by molar-refractivity contribution is 7.99. The van der Waals surface area contributed by atoms with Gasteiger partial charge in [-0.2, -0.15) is 0 Å². The molecule has 0 radical (unpaired) electrons. The molecule has 1 amide bonds. The summed E-state index contributed by atoms with van der Waals surface area (Å²) >= 11 is 1.70. The number of hydrogen-bond donors (Lipinski definition) is 1. The summed E-state index contributed by atoms with van der Waals surface area (Å²) in [5, 5.41) is 2.94. The summed E-state index contributed by atoms with van der Waals surface area (Å²) in [5.41, 5.74) is 0.823. The number of carbonyl (C=O) groups excluding carboxylic acids is 1. The maximum Gasteiger partial charge on any atom is 0.228 e. The molecule has 2 rings (SSSR count). The minimum absolute atomic E-state index is 0.0341. The molecule has 4 heteroatoms. The van der Waals surface area contributed by atoms with Crippen LogP contribution in [0.15, 0.2) is 23.1 Å². The van der Waals surface area contributed by atoms with E-state index >= 15 is 0 Å². The minimum atomic E-state index is 0.0341. The lowest BCUT2D eigenvalue weighted by Crippen LogP contribution is -2.20. The van der Waals surface area contributed by atoms with Gasteiger partial charge in [0.2, 0.25) is 5.91 Å². The van der Waals surface area contributed by atoms with Crippen LogP contribution in [-0.4, -0.2) is 18.3 Å². The molecule has 0 saturated heterocycles. The van der Waals surface area contributed by atoms with E-state index < -0.39 is 0 Å². The summed E-state index contributed by atoms with van der Waals surface area (Å²) < 4.78 is 5.52. The molecular weight excluding hydrogens is 222 g/mol. The fraction of sp³-hybridized carbons (Fsp3) is 0.417. The third kappa shape index (κ3) is 2.16. The third-order valence-corrected chi connectivity index (χ3v) is 3.79. The van der Waals surface area contributed by atoms with E-state index in [-0.39, 0.29) is 11.8 Å². The van der Waals surface area contributed by atoms with Crippen LogP contribution >= 0.6 is 11.8 Å². The Kier molecular flexibility index (Phi) is 3.39. The number of amides is 1. The van der Waals surface area contributed by atoms with E-state index in [4.69, 9.17) is 4.74 Å². The van der Waals surface area contributed by atoms with Crippen molar-refractivity contribution in [2.75, 3.05) is 17.7 Å². The van der Waals surface area contributed by atoms with Gasteiger partial charge in [-0.15, -0.1) is 11.8 Å². The molecule has 0 aromatic heterocycles. The third-order valence-electron chi connectivity index (χ3n) is 2.47. The summed E-state index contributed by atoms with van der Waals surface area (Å²) in [5.74, 6) is 1.68. The molecule has 1 aliphatic rings.